The van der Waals surface area contributed by atoms with E-state index in [9.17, 15) is 0 Å². The van der Waals surface area contributed by atoms with Crippen LogP contribution in [0.15, 0.2) is 42.7 Å². The standard InChI is InChI=1S/C18H23N3O.ClH/c1-14-10-16(13-21-9-8-20-15(2)12-21)5-6-18(14)22-17-4-3-7-19-11-17;/h3-7,10-11,15,20H,8-9,12-13H2,1-2H3;1H/t15-;/m0./s1. The number of aromatic nitrogens is 1. The zero-order chi connectivity index (χ0) is 15.4. The van der Waals surface area contributed by atoms with E-state index in [-0.39, 0.29) is 12.4 Å². The molecule has 0 bridgehead atoms. The maximum absolute atomic E-state index is 5.89. The van der Waals surface area contributed by atoms with Gasteiger partial charge in [-0.2, -0.15) is 0 Å². The van der Waals surface area contributed by atoms with E-state index < -0.39 is 0 Å². The van der Waals surface area contributed by atoms with Crippen LogP contribution in [0.1, 0.15) is 18.1 Å². The highest BCUT2D eigenvalue weighted by molar-refractivity contribution is 5.85. The van der Waals surface area contributed by atoms with Crippen LogP contribution in [0, 0.1) is 6.92 Å². The molecule has 0 unspecified atom stereocenters. The Hall–Kier alpha value is -1.62. The fourth-order valence-electron chi connectivity index (χ4n) is 2.87. The van der Waals surface area contributed by atoms with Crippen LogP contribution in [0.2, 0.25) is 0 Å². The van der Waals surface area contributed by atoms with E-state index in [1.165, 1.54) is 5.56 Å². The van der Waals surface area contributed by atoms with E-state index in [4.69, 9.17) is 4.74 Å². The summed E-state index contributed by atoms with van der Waals surface area (Å²) in [4.78, 5) is 6.57. The third kappa shape index (κ3) is 4.93. The van der Waals surface area contributed by atoms with Crippen molar-refractivity contribution in [2.75, 3.05) is 19.6 Å². The van der Waals surface area contributed by atoms with Gasteiger partial charge in [0.2, 0.25) is 0 Å². The van der Waals surface area contributed by atoms with Crippen molar-refractivity contribution in [2.45, 2.75) is 26.4 Å². The molecule has 1 aromatic carbocycles. The number of pyridine rings is 1. The van der Waals surface area contributed by atoms with Gasteiger partial charge in [-0.05, 0) is 43.2 Å². The smallest absolute Gasteiger partial charge is 0.145 e. The molecule has 3 rings (SSSR count). The number of piperazine rings is 1. The molecule has 124 valence electrons. The number of ether oxygens (including phenoxy) is 1. The Bertz CT molecular complexity index is 621. The quantitative estimate of drug-likeness (QED) is 0.930. The molecule has 0 amide bonds. The number of halogens is 1. The molecular formula is C18H24ClN3O. The first-order chi connectivity index (χ1) is 10.7. The van der Waals surface area contributed by atoms with Crippen LogP contribution in [0.3, 0.4) is 0 Å². The Morgan fingerprint density at radius 3 is 2.91 bits per heavy atom. The third-order valence-electron chi connectivity index (χ3n) is 3.96. The van der Waals surface area contributed by atoms with E-state index in [0.717, 1.165) is 43.2 Å². The molecule has 1 atom stereocenters. The summed E-state index contributed by atoms with van der Waals surface area (Å²) in [6.07, 6.45) is 3.48. The molecular weight excluding hydrogens is 310 g/mol. The maximum atomic E-state index is 5.89. The summed E-state index contributed by atoms with van der Waals surface area (Å²) in [7, 11) is 0. The first-order valence-electron chi connectivity index (χ1n) is 7.84. The molecule has 0 radical (unpaired) electrons. The van der Waals surface area contributed by atoms with Gasteiger partial charge in [0.05, 0.1) is 6.20 Å². The Labute approximate surface area is 144 Å². The number of hydrogen-bond acceptors (Lipinski definition) is 4. The van der Waals surface area contributed by atoms with Crippen molar-refractivity contribution in [2.24, 2.45) is 0 Å². The summed E-state index contributed by atoms with van der Waals surface area (Å²) in [6, 6.07) is 10.8. The van der Waals surface area contributed by atoms with Gasteiger partial charge in [-0.15, -0.1) is 12.4 Å². The topological polar surface area (TPSA) is 37.4 Å². The summed E-state index contributed by atoms with van der Waals surface area (Å²) in [5.41, 5.74) is 2.50. The molecule has 4 nitrogen and oxygen atoms in total. The van der Waals surface area contributed by atoms with Gasteiger partial charge in [0.1, 0.15) is 11.5 Å². The van der Waals surface area contributed by atoms with Gasteiger partial charge < -0.3 is 10.1 Å². The van der Waals surface area contributed by atoms with Gasteiger partial charge in [0, 0.05) is 38.4 Å². The number of nitrogens with zero attached hydrogens (tertiary/aromatic N) is 2. The van der Waals surface area contributed by atoms with E-state index in [0.29, 0.717) is 6.04 Å². The molecule has 1 aromatic heterocycles. The summed E-state index contributed by atoms with van der Waals surface area (Å²) >= 11 is 0. The first-order valence-corrected chi connectivity index (χ1v) is 7.84. The second-order valence-corrected chi connectivity index (χ2v) is 5.98. The Kier molecular flexibility index (Phi) is 6.39. The van der Waals surface area contributed by atoms with Crippen molar-refractivity contribution in [3.05, 3.63) is 53.9 Å². The summed E-state index contributed by atoms with van der Waals surface area (Å²) in [5.74, 6) is 1.67. The lowest BCUT2D eigenvalue weighted by Gasteiger charge is -2.31. The average molecular weight is 334 g/mol. The normalized spacial score (nSPS) is 18.3. The number of benzene rings is 1. The van der Waals surface area contributed by atoms with Crippen LogP contribution in [0.5, 0.6) is 11.5 Å². The van der Waals surface area contributed by atoms with Crippen molar-refractivity contribution in [1.82, 2.24) is 15.2 Å². The van der Waals surface area contributed by atoms with Crippen LogP contribution in [-0.4, -0.2) is 35.6 Å². The predicted molar refractivity (Wildman–Crippen MR) is 95.5 cm³/mol. The lowest BCUT2D eigenvalue weighted by atomic mass is 10.1. The zero-order valence-corrected chi connectivity index (χ0v) is 14.5. The highest BCUT2D eigenvalue weighted by atomic mass is 35.5. The zero-order valence-electron chi connectivity index (χ0n) is 13.7. The predicted octanol–water partition coefficient (Wildman–Crippen LogP) is 3.40. The molecule has 0 spiro atoms. The molecule has 1 aliphatic rings. The summed E-state index contributed by atoms with van der Waals surface area (Å²) in [5, 5.41) is 3.48. The number of nitrogens with one attached hydrogen (secondary N) is 1. The van der Waals surface area contributed by atoms with Gasteiger partial charge in [-0.3, -0.25) is 9.88 Å². The van der Waals surface area contributed by atoms with Crippen molar-refractivity contribution < 1.29 is 4.74 Å². The second-order valence-electron chi connectivity index (χ2n) is 5.98. The highest BCUT2D eigenvalue weighted by Gasteiger charge is 2.15. The fraction of sp³-hybridized carbons (Fsp3) is 0.389. The summed E-state index contributed by atoms with van der Waals surface area (Å²) in [6.45, 7) is 8.62. The average Bonchev–Trinajstić information content (AvgIpc) is 2.51. The first kappa shape index (κ1) is 17.7. The molecule has 1 saturated heterocycles. The molecule has 2 aromatic rings. The van der Waals surface area contributed by atoms with Crippen molar-refractivity contribution >= 4 is 12.4 Å². The minimum absolute atomic E-state index is 0. The van der Waals surface area contributed by atoms with Crippen molar-refractivity contribution in [3.63, 3.8) is 0 Å². The second kappa shape index (κ2) is 8.29. The lowest BCUT2D eigenvalue weighted by Crippen LogP contribution is -2.48. The largest absolute Gasteiger partial charge is 0.455 e. The van der Waals surface area contributed by atoms with E-state index in [2.05, 4.69) is 47.2 Å². The highest BCUT2D eigenvalue weighted by Crippen LogP contribution is 2.25. The van der Waals surface area contributed by atoms with E-state index >= 15 is 0 Å². The minimum atomic E-state index is 0. The Balaban J connectivity index is 0.00000192. The SMILES string of the molecule is Cc1cc(CN2CCN[C@@H](C)C2)ccc1Oc1cccnc1.Cl. The summed E-state index contributed by atoms with van der Waals surface area (Å²) < 4.78 is 5.89. The fourth-order valence-corrected chi connectivity index (χ4v) is 2.87. The van der Waals surface area contributed by atoms with Gasteiger partial charge in [0.15, 0.2) is 0 Å². The van der Waals surface area contributed by atoms with Crippen LogP contribution >= 0.6 is 12.4 Å². The minimum Gasteiger partial charge on any atom is -0.455 e. The van der Waals surface area contributed by atoms with E-state index in [1.807, 2.05) is 12.1 Å². The molecule has 1 N–H and O–H groups in total. The van der Waals surface area contributed by atoms with Crippen molar-refractivity contribution in [3.8, 4) is 11.5 Å². The third-order valence-corrected chi connectivity index (χ3v) is 3.96. The Morgan fingerprint density at radius 1 is 1.35 bits per heavy atom. The Morgan fingerprint density at radius 2 is 2.22 bits per heavy atom. The van der Waals surface area contributed by atoms with Crippen LogP contribution in [0.4, 0.5) is 0 Å². The molecule has 23 heavy (non-hydrogen) atoms. The van der Waals surface area contributed by atoms with Crippen LogP contribution in [0.25, 0.3) is 0 Å². The number of aryl methyl sites for hydroxylation is 1. The van der Waals surface area contributed by atoms with Gasteiger partial charge in [0.25, 0.3) is 0 Å². The molecule has 5 heteroatoms. The van der Waals surface area contributed by atoms with Gasteiger partial charge >= 0.3 is 0 Å². The maximum Gasteiger partial charge on any atom is 0.145 e. The lowest BCUT2D eigenvalue weighted by molar-refractivity contribution is 0.199. The molecule has 1 fully saturated rings. The number of rotatable bonds is 4. The molecule has 1 aliphatic heterocycles. The van der Waals surface area contributed by atoms with E-state index in [1.54, 1.807) is 12.4 Å². The monoisotopic (exact) mass is 333 g/mol. The molecule has 0 saturated carbocycles. The van der Waals surface area contributed by atoms with Crippen LogP contribution < -0.4 is 10.1 Å². The molecule has 0 aliphatic carbocycles. The van der Waals surface area contributed by atoms with Gasteiger partial charge in [-0.25, -0.2) is 0 Å². The van der Waals surface area contributed by atoms with Gasteiger partial charge in [-0.1, -0.05) is 12.1 Å². The molecule has 2 heterocycles. The van der Waals surface area contributed by atoms with Crippen LogP contribution in [-0.2, 0) is 6.54 Å². The van der Waals surface area contributed by atoms with Crippen molar-refractivity contribution in [1.29, 1.82) is 0 Å². The number of hydrogen-bond donors (Lipinski definition) is 1.